The van der Waals surface area contributed by atoms with Crippen LogP contribution in [0.3, 0.4) is 0 Å². The third-order valence-electron chi connectivity index (χ3n) is 2.15. The first-order chi connectivity index (χ1) is 7.65. The third kappa shape index (κ3) is 8.94. The van der Waals surface area contributed by atoms with E-state index in [1.54, 1.807) is 6.92 Å². The van der Waals surface area contributed by atoms with Gasteiger partial charge in [0.1, 0.15) is 6.04 Å². The van der Waals surface area contributed by atoms with Gasteiger partial charge in [0.05, 0.1) is 13.7 Å². The van der Waals surface area contributed by atoms with Gasteiger partial charge in [0.25, 0.3) is 0 Å². The van der Waals surface area contributed by atoms with E-state index in [1.165, 1.54) is 7.11 Å². The summed E-state index contributed by atoms with van der Waals surface area (Å²) in [6.07, 6.45) is 1.71. The molecule has 0 saturated carbocycles. The summed E-state index contributed by atoms with van der Waals surface area (Å²) >= 11 is 0. The lowest BCUT2D eigenvalue weighted by Gasteiger charge is -2.13. The fourth-order valence-corrected chi connectivity index (χ4v) is 1.28. The average molecular weight is 268 g/mol. The molecule has 102 valence electrons. The van der Waals surface area contributed by atoms with Crippen LogP contribution in [0.1, 0.15) is 33.1 Å². The number of hydrogen-bond acceptors (Lipinski definition) is 5. The maximum absolute atomic E-state index is 11.2. The summed E-state index contributed by atoms with van der Waals surface area (Å²) in [6, 6.07) is -0.285. The van der Waals surface area contributed by atoms with Gasteiger partial charge in [-0.2, -0.15) is 0 Å². The van der Waals surface area contributed by atoms with Crippen molar-refractivity contribution in [2.45, 2.75) is 39.2 Å². The quantitative estimate of drug-likeness (QED) is 0.530. The van der Waals surface area contributed by atoms with Gasteiger partial charge in [-0.3, -0.25) is 9.59 Å². The molecule has 0 heterocycles. The fraction of sp³-hybridized carbons (Fsp3) is 0.818. The molecule has 0 aliphatic heterocycles. The van der Waals surface area contributed by atoms with E-state index >= 15 is 0 Å². The number of methoxy groups -OCH3 is 1. The SMILES string of the molecule is CCOC(=O)CCCN[C@@H](CC)C(=O)OC.Cl. The van der Waals surface area contributed by atoms with Crippen LogP contribution in [0.15, 0.2) is 0 Å². The van der Waals surface area contributed by atoms with Crippen LogP contribution in [0.2, 0.25) is 0 Å². The van der Waals surface area contributed by atoms with Crippen molar-refractivity contribution in [1.82, 2.24) is 5.32 Å². The predicted octanol–water partition coefficient (Wildman–Crippen LogP) is 1.29. The van der Waals surface area contributed by atoms with E-state index in [4.69, 9.17) is 4.74 Å². The first-order valence-electron chi connectivity index (χ1n) is 5.62. The lowest BCUT2D eigenvalue weighted by atomic mass is 10.2. The van der Waals surface area contributed by atoms with Crippen molar-refractivity contribution in [3.63, 3.8) is 0 Å². The molecular formula is C11H22ClNO4. The van der Waals surface area contributed by atoms with Gasteiger partial charge in [-0.05, 0) is 26.3 Å². The van der Waals surface area contributed by atoms with Gasteiger partial charge in [0, 0.05) is 6.42 Å². The maximum Gasteiger partial charge on any atom is 0.322 e. The lowest BCUT2D eigenvalue weighted by molar-refractivity contribution is -0.143. The van der Waals surface area contributed by atoms with Gasteiger partial charge in [0.2, 0.25) is 0 Å². The maximum atomic E-state index is 11.2. The van der Waals surface area contributed by atoms with E-state index in [0.29, 0.717) is 32.4 Å². The van der Waals surface area contributed by atoms with Gasteiger partial charge in [0.15, 0.2) is 0 Å². The van der Waals surface area contributed by atoms with Crippen LogP contribution in [-0.2, 0) is 19.1 Å². The molecule has 0 spiro atoms. The molecule has 0 radical (unpaired) electrons. The summed E-state index contributed by atoms with van der Waals surface area (Å²) in [5, 5.41) is 3.04. The van der Waals surface area contributed by atoms with Crippen LogP contribution in [0.4, 0.5) is 0 Å². The number of halogens is 1. The Labute approximate surface area is 109 Å². The van der Waals surface area contributed by atoms with Crippen molar-refractivity contribution < 1.29 is 19.1 Å². The standard InChI is InChI=1S/C11H21NO4.ClH/c1-4-9(11(14)15-3)12-8-6-7-10(13)16-5-2;/h9,12H,4-8H2,1-3H3;1H/t9-;/m0./s1. The number of carbonyl (C=O) groups excluding carboxylic acids is 2. The molecule has 0 aliphatic rings. The third-order valence-corrected chi connectivity index (χ3v) is 2.15. The van der Waals surface area contributed by atoms with E-state index < -0.39 is 0 Å². The van der Waals surface area contributed by atoms with E-state index in [-0.39, 0.29) is 30.4 Å². The minimum Gasteiger partial charge on any atom is -0.468 e. The molecule has 6 heteroatoms. The van der Waals surface area contributed by atoms with Crippen molar-refractivity contribution in [1.29, 1.82) is 0 Å². The van der Waals surface area contributed by atoms with Gasteiger partial charge < -0.3 is 14.8 Å². The summed E-state index contributed by atoms with van der Waals surface area (Å²) in [7, 11) is 1.37. The Morgan fingerprint density at radius 1 is 1.29 bits per heavy atom. The summed E-state index contributed by atoms with van der Waals surface area (Å²) in [5.74, 6) is -0.464. The highest BCUT2D eigenvalue weighted by atomic mass is 35.5. The van der Waals surface area contributed by atoms with Crippen LogP contribution < -0.4 is 5.32 Å². The number of esters is 2. The largest absolute Gasteiger partial charge is 0.468 e. The number of rotatable bonds is 8. The van der Waals surface area contributed by atoms with Crippen molar-refractivity contribution >= 4 is 24.3 Å². The Morgan fingerprint density at radius 3 is 2.41 bits per heavy atom. The number of nitrogens with one attached hydrogen (secondary N) is 1. The molecule has 0 fully saturated rings. The Bertz CT molecular complexity index is 224. The number of carbonyl (C=O) groups is 2. The zero-order chi connectivity index (χ0) is 12.4. The lowest BCUT2D eigenvalue weighted by Crippen LogP contribution is -2.37. The molecule has 0 unspecified atom stereocenters. The zero-order valence-corrected chi connectivity index (χ0v) is 11.5. The second kappa shape index (κ2) is 11.7. The normalized spacial score (nSPS) is 11.2. The highest BCUT2D eigenvalue weighted by Gasteiger charge is 2.15. The second-order valence-corrected chi connectivity index (χ2v) is 3.35. The van der Waals surface area contributed by atoms with Crippen LogP contribution in [-0.4, -0.2) is 38.2 Å². The summed E-state index contributed by atoms with van der Waals surface area (Å²) < 4.78 is 9.41. The van der Waals surface area contributed by atoms with Crippen molar-refractivity contribution in [3.05, 3.63) is 0 Å². The summed E-state index contributed by atoms with van der Waals surface area (Å²) in [4.78, 5) is 22.2. The van der Waals surface area contributed by atoms with E-state index in [0.717, 1.165) is 0 Å². The molecule has 0 saturated heterocycles. The molecule has 17 heavy (non-hydrogen) atoms. The predicted molar refractivity (Wildman–Crippen MR) is 67.2 cm³/mol. The molecular weight excluding hydrogens is 246 g/mol. The molecule has 5 nitrogen and oxygen atoms in total. The zero-order valence-electron chi connectivity index (χ0n) is 10.7. The van der Waals surface area contributed by atoms with Crippen LogP contribution in [0.25, 0.3) is 0 Å². The van der Waals surface area contributed by atoms with Crippen LogP contribution in [0.5, 0.6) is 0 Å². The second-order valence-electron chi connectivity index (χ2n) is 3.35. The van der Waals surface area contributed by atoms with Crippen molar-refractivity contribution in [3.8, 4) is 0 Å². The minimum absolute atomic E-state index is 0. The van der Waals surface area contributed by atoms with Gasteiger partial charge in [-0.25, -0.2) is 0 Å². The molecule has 0 aliphatic carbocycles. The Hall–Kier alpha value is -0.810. The first kappa shape index (κ1) is 18.6. The Kier molecular flexibility index (Phi) is 12.7. The molecule has 0 bridgehead atoms. The molecule has 0 rings (SSSR count). The highest BCUT2D eigenvalue weighted by Crippen LogP contribution is 1.96. The minimum atomic E-state index is -0.285. The van der Waals surface area contributed by atoms with Crippen molar-refractivity contribution in [2.75, 3.05) is 20.3 Å². The van der Waals surface area contributed by atoms with Crippen molar-refractivity contribution in [2.24, 2.45) is 0 Å². The van der Waals surface area contributed by atoms with Crippen LogP contribution >= 0.6 is 12.4 Å². The Morgan fingerprint density at radius 2 is 1.94 bits per heavy atom. The Balaban J connectivity index is 0. The van der Waals surface area contributed by atoms with Gasteiger partial charge in [-0.1, -0.05) is 6.92 Å². The highest BCUT2D eigenvalue weighted by molar-refractivity contribution is 5.85. The molecule has 1 atom stereocenters. The van der Waals surface area contributed by atoms with Gasteiger partial charge >= 0.3 is 11.9 Å². The first-order valence-corrected chi connectivity index (χ1v) is 5.62. The van der Waals surface area contributed by atoms with E-state index in [1.807, 2.05) is 6.92 Å². The summed E-state index contributed by atoms with van der Waals surface area (Å²) in [6.45, 7) is 4.69. The summed E-state index contributed by atoms with van der Waals surface area (Å²) in [5.41, 5.74) is 0. The molecule has 0 amide bonds. The number of hydrogen-bond donors (Lipinski definition) is 1. The molecule has 1 N–H and O–H groups in total. The fourth-order valence-electron chi connectivity index (χ4n) is 1.28. The molecule has 0 aromatic heterocycles. The molecule has 0 aromatic rings. The monoisotopic (exact) mass is 267 g/mol. The van der Waals surface area contributed by atoms with E-state index in [2.05, 4.69) is 10.1 Å². The average Bonchev–Trinajstić information content (AvgIpc) is 2.28. The topological polar surface area (TPSA) is 64.6 Å². The smallest absolute Gasteiger partial charge is 0.322 e. The van der Waals surface area contributed by atoms with E-state index in [9.17, 15) is 9.59 Å². The van der Waals surface area contributed by atoms with Crippen LogP contribution in [0, 0.1) is 0 Å². The number of ether oxygens (including phenoxy) is 2. The van der Waals surface area contributed by atoms with Gasteiger partial charge in [-0.15, -0.1) is 12.4 Å². The molecule has 0 aromatic carbocycles.